The van der Waals surface area contributed by atoms with Crippen LogP contribution in [0.25, 0.3) is 0 Å². The summed E-state index contributed by atoms with van der Waals surface area (Å²) in [6.45, 7) is 5.68. The molecule has 23 heavy (non-hydrogen) atoms. The van der Waals surface area contributed by atoms with Gasteiger partial charge in [0.2, 0.25) is 0 Å². The number of methoxy groups -OCH3 is 1. The monoisotopic (exact) mass is 323 g/mol. The van der Waals surface area contributed by atoms with Gasteiger partial charge in [-0.05, 0) is 57.0 Å². The van der Waals surface area contributed by atoms with Crippen LogP contribution in [0.3, 0.4) is 0 Å². The van der Waals surface area contributed by atoms with E-state index in [0.29, 0.717) is 5.41 Å². The fourth-order valence-electron chi connectivity index (χ4n) is 4.37. The highest BCUT2D eigenvalue weighted by Gasteiger charge is 2.39. The zero-order valence-electron chi connectivity index (χ0n) is 14.2. The molecule has 2 heterocycles. The molecule has 1 spiro atoms. The predicted octanol–water partition coefficient (Wildman–Crippen LogP) is 1.46. The maximum atomic E-state index is 11.7. The predicted molar refractivity (Wildman–Crippen MR) is 87.1 cm³/mol. The Morgan fingerprint density at radius 2 is 1.87 bits per heavy atom. The molecule has 3 aliphatic rings. The summed E-state index contributed by atoms with van der Waals surface area (Å²) in [5.74, 6) is 0.0958. The van der Waals surface area contributed by atoms with Gasteiger partial charge in [-0.1, -0.05) is 0 Å². The van der Waals surface area contributed by atoms with Crippen LogP contribution in [0.5, 0.6) is 0 Å². The Labute approximate surface area is 138 Å². The molecule has 2 amide bonds. The molecule has 6 nitrogen and oxygen atoms in total. The lowest BCUT2D eigenvalue weighted by Crippen LogP contribution is -2.45. The fraction of sp³-hybridized carbons (Fsp3) is 0.882. The summed E-state index contributed by atoms with van der Waals surface area (Å²) >= 11 is 0. The first-order valence-corrected chi connectivity index (χ1v) is 8.95. The van der Waals surface area contributed by atoms with Gasteiger partial charge in [0, 0.05) is 26.2 Å². The number of ether oxygens (including phenoxy) is 1. The minimum atomic E-state index is -0.0267. The van der Waals surface area contributed by atoms with Gasteiger partial charge >= 0.3 is 12.0 Å². The molecule has 0 aromatic heterocycles. The average molecular weight is 323 g/mol. The van der Waals surface area contributed by atoms with Crippen molar-refractivity contribution in [3.8, 4) is 0 Å². The molecule has 130 valence electrons. The number of rotatable bonds is 4. The van der Waals surface area contributed by atoms with Crippen molar-refractivity contribution < 1.29 is 14.3 Å². The Morgan fingerprint density at radius 1 is 1.17 bits per heavy atom. The number of nitrogens with zero attached hydrogens (tertiary/aromatic N) is 2. The van der Waals surface area contributed by atoms with E-state index >= 15 is 0 Å². The Morgan fingerprint density at radius 3 is 2.43 bits per heavy atom. The third kappa shape index (κ3) is 3.79. The van der Waals surface area contributed by atoms with E-state index in [1.54, 1.807) is 0 Å². The molecule has 0 aromatic carbocycles. The first-order chi connectivity index (χ1) is 11.1. The molecule has 3 rings (SSSR count). The third-order valence-corrected chi connectivity index (χ3v) is 6.13. The van der Waals surface area contributed by atoms with Crippen LogP contribution < -0.4 is 5.32 Å². The molecule has 0 bridgehead atoms. The Kier molecular flexibility index (Phi) is 5.09. The molecule has 6 heteroatoms. The molecular formula is C17H29N3O3. The highest BCUT2D eigenvalue weighted by atomic mass is 16.5. The largest absolute Gasteiger partial charge is 0.469 e. The van der Waals surface area contributed by atoms with Gasteiger partial charge in [-0.25, -0.2) is 4.79 Å². The molecule has 1 N–H and O–H groups in total. The summed E-state index contributed by atoms with van der Waals surface area (Å²) in [4.78, 5) is 27.6. The Bertz CT molecular complexity index is 436. The third-order valence-electron chi connectivity index (χ3n) is 6.13. The molecule has 2 aliphatic heterocycles. The first-order valence-electron chi connectivity index (χ1n) is 8.95. The molecule has 0 atom stereocenters. The van der Waals surface area contributed by atoms with E-state index in [4.69, 9.17) is 4.74 Å². The van der Waals surface area contributed by atoms with Crippen molar-refractivity contribution in [2.24, 2.45) is 11.3 Å². The number of urea groups is 1. The lowest BCUT2D eigenvalue weighted by atomic mass is 9.65. The summed E-state index contributed by atoms with van der Waals surface area (Å²) in [6, 6.07) is 0.0830. The lowest BCUT2D eigenvalue weighted by molar-refractivity contribution is -0.147. The van der Waals surface area contributed by atoms with Gasteiger partial charge in [0.1, 0.15) is 0 Å². The Balaban J connectivity index is 1.40. The first kappa shape index (κ1) is 16.6. The van der Waals surface area contributed by atoms with Crippen LogP contribution in [0, 0.1) is 11.3 Å². The fourth-order valence-corrected chi connectivity index (χ4v) is 4.37. The van der Waals surface area contributed by atoms with Gasteiger partial charge < -0.3 is 19.9 Å². The van der Waals surface area contributed by atoms with Crippen molar-refractivity contribution in [1.82, 2.24) is 15.1 Å². The highest BCUT2D eigenvalue weighted by molar-refractivity contribution is 5.76. The number of carbonyl (C=O) groups is 2. The molecular weight excluding hydrogens is 294 g/mol. The zero-order valence-corrected chi connectivity index (χ0v) is 14.2. The van der Waals surface area contributed by atoms with Crippen molar-refractivity contribution >= 4 is 12.0 Å². The minimum Gasteiger partial charge on any atom is -0.469 e. The van der Waals surface area contributed by atoms with Crippen LogP contribution in [0.4, 0.5) is 4.79 Å². The van der Waals surface area contributed by atoms with Crippen LogP contribution in [0.2, 0.25) is 0 Å². The number of carbonyl (C=O) groups excluding carboxylic acids is 2. The van der Waals surface area contributed by atoms with Crippen LogP contribution >= 0.6 is 0 Å². The van der Waals surface area contributed by atoms with E-state index in [1.165, 1.54) is 20.0 Å². The van der Waals surface area contributed by atoms with E-state index in [2.05, 4.69) is 10.2 Å². The standard InChI is InChI=1S/C17H29N3O3/c1-23-15(21)14-2-4-17(5-3-14)6-9-19(10-7-17)12-13-20-11-8-18-16(20)22/h14H,2-13H2,1H3,(H,18,22). The van der Waals surface area contributed by atoms with Gasteiger partial charge in [0.25, 0.3) is 0 Å². The van der Waals surface area contributed by atoms with Crippen molar-refractivity contribution in [1.29, 1.82) is 0 Å². The van der Waals surface area contributed by atoms with E-state index in [1.807, 2.05) is 4.90 Å². The lowest BCUT2D eigenvalue weighted by Gasteiger charge is -2.45. The van der Waals surface area contributed by atoms with E-state index in [-0.39, 0.29) is 17.9 Å². The van der Waals surface area contributed by atoms with Gasteiger partial charge in [-0.3, -0.25) is 4.79 Å². The number of hydrogen-bond acceptors (Lipinski definition) is 4. The van der Waals surface area contributed by atoms with Crippen LogP contribution in [-0.4, -0.2) is 68.2 Å². The molecule has 0 unspecified atom stereocenters. The molecule has 1 aliphatic carbocycles. The van der Waals surface area contributed by atoms with Crippen LogP contribution in [0.15, 0.2) is 0 Å². The minimum absolute atomic E-state index is 0.0267. The molecule has 1 saturated carbocycles. The summed E-state index contributed by atoms with van der Waals surface area (Å²) in [5, 5.41) is 2.85. The van der Waals surface area contributed by atoms with Crippen molar-refractivity contribution in [2.75, 3.05) is 46.4 Å². The average Bonchev–Trinajstić information content (AvgIpc) is 3.00. The summed E-state index contributed by atoms with van der Waals surface area (Å²) in [5.41, 5.74) is 0.450. The van der Waals surface area contributed by atoms with Gasteiger partial charge in [-0.2, -0.15) is 0 Å². The summed E-state index contributed by atoms with van der Waals surface area (Å²) in [7, 11) is 1.49. The highest BCUT2D eigenvalue weighted by Crippen LogP contribution is 2.46. The topological polar surface area (TPSA) is 61.9 Å². The normalized spacial score (nSPS) is 25.6. The van der Waals surface area contributed by atoms with Gasteiger partial charge in [0.15, 0.2) is 0 Å². The number of piperidine rings is 1. The number of amides is 2. The van der Waals surface area contributed by atoms with Crippen molar-refractivity contribution in [3.05, 3.63) is 0 Å². The van der Waals surface area contributed by atoms with Crippen LogP contribution in [-0.2, 0) is 9.53 Å². The summed E-state index contributed by atoms with van der Waals surface area (Å²) < 4.78 is 4.89. The van der Waals surface area contributed by atoms with Gasteiger partial charge in [-0.15, -0.1) is 0 Å². The quantitative estimate of drug-likeness (QED) is 0.796. The van der Waals surface area contributed by atoms with Crippen molar-refractivity contribution in [3.63, 3.8) is 0 Å². The maximum Gasteiger partial charge on any atom is 0.317 e. The van der Waals surface area contributed by atoms with Crippen LogP contribution in [0.1, 0.15) is 38.5 Å². The van der Waals surface area contributed by atoms with E-state index in [9.17, 15) is 9.59 Å². The number of hydrogen-bond donors (Lipinski definition) is 1. The zero-order chi connectivity index (χ0) is 16.3. The smallest absolute Gasteiger partial charge is 0.317 e. The maximum absolute atomic E-state index is 11.7. The molecule has 0 radical (unpaired) electrons. The molecule has 3 fully saturated rings. The molecule has 2 saturated heterocycles. The SMILES string of the molecule is COC(=O)C1CCC2(CC1)CCN(CCN1CCNC1=O)CC2. The van der Waals surface area contributed by atoms with E-state index < -0.39 is 0 Å². The Hall–Kier alpha value is -1.30. The number of nitrogens with one attached hydrogen (secondary N) is 1. The summed E-state index contributed by atoms with van der Waals surface area (Å²) in [6.07, 6.45) is 6.76. The molecule has 0 aromatic rings. The second kappa shape index (κ2) is 7.07. The van der Waals surface area contributed by atoms with Crippen molar-refractivity contribution in [2.45, 2.75) is 38.5 Å². The van der Waals surface area contributed by atoms with E-state index in [0.717, 1.165) is 65.0 Å². The number of likely N-dealkylation sites (tertiary alicyclic amines) is 1. The second-order valence-electron chi connectivity index (χ2n) is 7.36. The second-order valence-corrected chi connectivity index (χ2v) is 7.36. The van der Waals surface area contributed by atoms with Gasteiger partial charge in [0.05, 0.1) is 13.0 Å². The number of esters is 1.